The van der Waals surface area contributed by atoms with Crippen molar-refractivity contribution >= 4 is 21.8 Å². The van der Waals surface area contributed by atoms with Crippen LogP contribution in [-0.2, 0) is 14.8 Å². The molecule has 7 heteroatoms. The zero-order valence-corrected chi connectivity index (χ0v) is 10.8. The SMILES string of the molecule is O=C([O-])[C@H]1CCCN1C1=NS(=O)(=O)c2ccccc21. The Hall–Kier alpha value is -1.89. The summed E-state index contributed by atoms with van der Waals surface area (Å²) in [6, 6.07) is 5.64. The number of hydrogen-bond acceptors (Lipinski definition) is 5. The van der Waals surface area contributed by atoms with E-state index in [1.165, 1.54) is 11.0 Å². The fourth-order valence-electron chi connectivity index (χ4n) is 2.56. The number of aliphatic carboxylic acids is 1. The molecule has 6 nitrogen and oxygen atoms in total. The summed E-state index contributed by atoms with van der Waals surface area (Å²) >= 11 is 0. The molecule has 19 heavy (non-hydrogen) atoms. The average molecular weight is 279 g/mol. The van der Waals surface area contributed by atoms with Gasteiger partial charge in [-0.15, -0.1) is 4.40 Å². The second kappa shape index (κ2) is 4.06. The van der Waals surface area contributed by atoms with Crippen LogP contribution in [0.25, 0.3) is 0 Å². The highest BCUT2D eigenvalue weighted by molar-refractivity contribution is 7.90. The first-order chi connectivity index (χ1) is 9.00. The quantitative estimate of drug-likeness (QED) is 0.681. The normalized spacial score (nSPS) is 24.1. The summed E-state index contributed by atoms with van der Waals surface area (Å²) in [6.07, 6.45) is 1.13. The van der Waals surface area contributed by atoms with Gasteiger partial charge >= 0.3 is 0 Å². The molecule has 2 heterocycles. The highest BCUT2D eigenvalue weighted by atomic mass is 32.2. The van der Waals surface area contributed by atoms with Gasteiger partial charge in [-0.05, 0) is 25.0 Å². The van der Waals surface area contributed by atoms with Crippen molar-refractivity contribution in [1.29, 1.82) is 0 Å². The molecule has 0 spiro atoms. The maximum absolute atomic E-state index is 11.9. The van der Waals surface area contributed by atoms with Crippen molar-refractivity contribution in [3.8, 4) is 0 Å². The second-order valence-electron chi connectivity index (χ2n) is 4.56. The van der Waals surface area contributed by atoms with E-state index in [1.54, 1.807) is 18.2 Å². The predicted molar refractivity (Wildman–Crippen MR) is 64.9 cm³/mol. The summed E-state index contributed by atoms with van der Waals surface area (Å²) in [7, 11) is -3.71. The third-order valence-electron chi connectivity index (χ3n) is 3.41. The molecule has 0 N–H and O–H groups in total. The van der Waals surface area contributed by atoms with Gasteiger partial charge < -0.3 is 14.8 Å². The van der Waals surface area contributed by atoms with Crippen LogP contribution in [0.1, 0.15) is 18.4 Å². The summed E-state index contributed by atoms with van der Waals surface area (Å²) in [5.41, 5.74) is 0.468. The summed E-state index contributed by atoms with van der Waals surface area (Å²) in [6.45, 7) is 0.474. The average Bonchev–Trinajstić information content (AvgIpc) is 2.93. The van der Waals surface area contributed by atoms with Crippen molar-refractivity contribution in [3.05, 3.63) is 29.8 Å². The Morgan fingerprint density at radius 1 is 1.37 bits per heavy atom. The largest absolute Gasteiger partial charge is 0.548 e. The molecule has 2 aliphatic rings. The van der Waals surface area contributed by atoms with Crippen LogP contribution in [0.4, 0.5) is 0 Å². The summed E-state index contributed by atoms with van der Waals surface area (Å²) < 4.78 is 27.6. The molecule has 1 saturated heterocycles. The van der Waals surface area contributed by atoms with Crippen molar-refractivity contribution in [2.24, 2.45) is 4.40 Å². The minimum absolute atomic E-state index is 0.133. The Kier molecular flexibility index (Phi) is 2.60. The number of amidine groups is 1. The van der Waals surface area contributed by atoms with Crippen LogP contribution in [0.2, 0.25) is 0 Å². The number of rotatable bonds is 1. The molecule has 0 radical (unpaired) electrons. The number of likely N-dealkylation sites (tertiary alicyclic amines) is 1. The third kappa shape index (κ3) is 1.81. The second-order valence-corrected chi connectivity index (χ2v) is 6.13. The maximum Gasteiger partial charge on any atom is 0.285 e. The maximum atomic E-state index is 11.9. The van der Waals surface area contributed by atoms with Crippen LogP contribution in [0.15, 0.2) is 33.6 Å². The van der Waals surface area contributed by atoms with Gasteiger partial charge in [0.05, 0.1) is 12.0 Å². The topological polar surface area (TPSA) is 89.9 Å². The molecule has 1 aromatic carbocycles. The lowest BCUT2D eigenvalue weighted by molar-refractivity contribution is -0.309. The van der Waals surface area contributed by atoms with Crippen molar-refractivity contribution in [2.75, 3.05) is 6.54 Å². The van der Waals surface area contributed by atoms with E-state index in [4.69, 9.17) is 0 Å². The number of sulfonamides is 1. The van der Waals surface area contributed by atoms with Crippen molar-refractivity contribution in [3.63, 3.8) is 0 Å². The Morgan fingerprint density at radius 3 is 2.84 bits per heavy atom. The van der Waals surface area contributed by atoms with Crippen molar-refractivity contribution in [2.45, 2.75) is 23.8 Å². The lowest BCUT2D eigenvalue weighted by Gasteiger charge is -2.26. The van der Waals surface area contributed by atoms with Gasteiger partial charge in [-0.25, -0.2) is 0 Å². The summed E-state index contributed by atoms with van der Waals surface area (Å²) in [5, 5.41) is 11.1. The van der Waals surface area contributed by atoms with Crippen molar-refractivity contribution in [1.82, 2.24) is 4.90 Å². The number of carbonyl (C=O) groups excluding carboxylic acids is 1. The minimum atomic E-state index is -3.71. The number of hydrogen-bond donors (Lipinski definition) is 0. The lowest BCUT2D eigenvalue weighted by atomic mass is 10.1. The first-order valence-electron chi connectivity index (χ1n) is 5.92. The first kappa shape index (κ1) is 12.2. The number of carboxylic acid groups (broad SMARTS) is 1. The standard InChI is InChI=1S/C12H12N2O4S/c15-12(16)9-5-3-7-14(9)11-8-4-1-2-6-10(8)19(17,18)13-11/h1-2,4,6,9H,3,5,7H2,(H,15,16)/p-1/t9-/m1/s1. The van der Waals surface area contributed by atoms with E-state index in [0.717, 1.165) is 0 Å². The predicted octanol–water partition coefficient (Wildman–Crippen LogP) is -0.650. The highest BCUT2D eigenvalue weighted by Gasteiger charge is 2.36. The van der Waals surface area contributed by atoms with Gasteiger partial charge in [0.25, 0.3) is 10.0 Å². The molecule has 3 rings (SSSR count). The Balaban J connectivity index is 2.10. The third-order valence-corrected chi connectivity index (χ3v) is 4.73. The molecule has 1 fully saturated rings. The van der Waals surface area contributed by atoms with Crippen LogP contribution >= 0.6 is 0 Å². The van der Waals surface area contributed by atoms with Gasteiger partial charge in [-0.3, -0.25) is 0 Å². The molecule has 0 bridgehead atoms. The summed E-state index contributed by atoms with van der Waals surface area (Å²) in [5.74, 6) is -0.968. The van der Waals surface area contributed by atoms with E-state index in [2.05, 4.69) is 4.40 Å². The molecular formula is C12H11N2O4S-. The van der Waals surface area contributed by atoms with E-state index in [0.29, 0.717) is 24.9 Å². The molecule has 1 aromatic rings. The fraction of sp³-hybridized carbons (Fsp3) is 0.333. The zero-order chi connectivity index (χ0) is 13.6. The van der Waals surface area contributed by atoms with Crippen LogP contribution < -0.4 is 5.11 Å². The van der Waals surface area contributed by atoms with Gasteiger partial charge in [0.1, 0.15) is 4.90 Å². The molecule has 0 aromatic heterocycles. The molecule has 0 unspecified atom stereocenters. The molecular weight excluding hydrogens is 268 g/mol. The molecule has 0 aliphatic carbocycles. The van der Waals surface area contributed by atoms with Gasteiger partial charge in [-0.2, -0.15) is 8.42 Å². The Bertz CT molecular complexity index is 681. The van der Waals surface area contributed by atoms with E-state index < -0.39 is 22.0 Å². The van der Waals surface area contributed by atoms with Gasteiger partial charge in [0.2, 0.25) is 0 Å². The summed E-state index contributed by atoms with van der Waals surface area (Å²) in [4.78, 5) is 12.7. The smallest absolute Gasteiger partial charge is 0.285 e. The lowest BCUT2D eigenvalue weighted by Crippen LogP contribution is -2.46. The number of nitrogens with zero attached hydrogens (tertiary/aromatic N) is 2. The van der Waals surface area contributed by atoms with E-state index in [9.17, 15) is 18.3 Å². The molecule has 1 atom stereocenters. The monoisotopic (exact) mass is 279 g/mol. The number of benzene rings is 1. The van der Waals surface area contributed by atoms with Gasteiger partial charge in [0.15, 0.2) is 5.84 Å². The van der Waals surface area contributed by atoms with Crippen LogP contribution in [0.5, 0.6) is 0 Å². The Labute approximate surface area is 110 Å². The van der Waals surface area contributed by atoms with Gasteiger partial charge in [0, 0.05) is 12.1 Å². The van der Waals surface area contributed by atoms with E-state index >= 15 is 0 Å². The van der Waals surface area contributed by atoms with E-state index in [-0.39, 0.29) is 10.7 Å². The molecule has 2 aliphatic heterocycles. The zero-order valence-electron chi connectivity index (χ0n) is 9.94. The highest BCUT2D eigenvalue weighted by Crippen LogP contribution is 2.30. The Morgan fingerprint density at radius 2 is 2.11 bits per heavy atom. The molecule has 0 amide bonds. The number of fused-ring (bicyclic) bond motifs is 1. The molecule has 100 valence electrons. The number of carbonyl (C=O) groups is 1. The first-order valence-corrected chi connectivity index (χ1v) is 7.36. The fourth-order valence-corrected chi connectivity index (χ4v) is 3.78. The van der Waals surface area contributed by atoms with E-state index in [1.807, 2.05) is 0 Å². The van der Waals surface area contributed by atoms with Crippen molar-refractivity contribution < 1.29 is 18.3 Å². The minimum Gasteiger partial charge on any atom is -0.548 e. The van der Waals surface area contributed by atoms with Crippen LogP contribution in [0.3, 0.4) is 0 Å². The molecule has 0 saturated carbocycles. The van der Waals surface area contributed by atoms with Crippen LogP contribution in [-0.4, -0.2) is 37.7 Å². The number of carboxylic acids is 1. The van der Waals surface area contributed by atoms with Gasteiger partial charge in [-0.1, -0.05) is 12.1 Å². The van der Waals surface area contributed by atoms with Crippen LogP contribution in [0, 0.1) is 0 Å².